The van der Waals surface area contributed by atoms with E-state index in [4.69, 9.17) is 23.8 Å². The average molecular weight is 930 g/mol. The van der Waals surface area contributed by atoms with E-state index >= 15 is 0 Å². The van der Waals surface area contributed by atoms with Crippen molar-refractivity contribution < 1.29 is 8.83 Å². The van der Waals surface area contributed by atoms with Crippen LogP contribution in [0.25, 0.3) is 152 Å². The molecule has 0 aliphatic heterocycles. The lowest BCUT2D eigenvalue weighted by Gasteiger charge is -2.10. The van der Waals surface area contributed by atoms with Crippen LogP contribution in [0, 0.1) is 0 Å². The summed E-state index contributed by atoms with van der Waals surface area (Å²) >= 11 is 3.71. The predicted molar refractivity (Wildman–Crippen MR) is 293 cm³/mol. The first-order chi connectivity index (χ1) is 34.6. The van der Waals surface area contributed by atoms with Crippen LogP contribution in [-0.4, -0.2) is 15.0 Å². The van der Waals surface area contributed by atoms with E-state index in [0.29, 0.717) is 17.5 Å². The third-order valence-electron chi connectivity index (χ3n) is 13.8. The first kappa shape index (κ1) is 39.3. The number of fused-ring (bicyclic) bond motifs is 12. The largest absolute Gasteiger partial charge is 0.456 e. The van der Waals surface area contributed by atoms with Gasteiger partial charge in [0.05, 0.1) is 0 Å². The molecule has 0 saturated heterocycles. The zero-order valence-electron chi connectivity index (χ0n) is 37.2. The lowest BCUT2D eigenvalue weighted by molar-refractivity contribution is 0.669. The normalized spacial score (nSPS) is 12.0. The van der Waals surface area contributed by atoms with Crippen LogP contribution in [0.3, 0.4) is 0 Å². The number of rotatable bonds is 6. The minimum atomic E-state index is 0.576. The van der Waals surface area contributed by atoms with Crippen molar-refractivity contribution in [1.82, 2.24) is 15.0 Å². The van der Waals surface area contributed by atoms with Gasteiger partial charge in [0.15, 0.2) is 17.5 Å². The van der Waals surface area contributed by atoms with E-state index in [-0.39, 0.29) is 0 Å². The minimum Gasteiger partial charge on any atom is -0.456 e. The molecule has 0 aliphatic carbocycles. The monoisotopic (exact) mass is 929 g/mol. The average Bonchev–Trinajstić information content (AvgIpc) is 4.20. The number of para-hydroxylation sites is 2. The van der Waals surface area contributed by atoms with E-state index in [9.17, 15) is 0 Å². The molecule has 7 heteroatoms. The topological polar surface area (TPSA) is 65.0 Å². The molecule has 0 saturated carbocycles. The van der Waals surface area contributed by atoms with E-state index in [0.717, 1.165) is 77.3 Å². The van der Waals surface area contributed by atoms with Crippen LogP contribution in [-0.2, 0) is 0 Å². The highest BCUT2D eigenvalue weighted by Crippen LogP contribution is 2.45. The van der Waals surface area contributed by atoms with Crippen LogP contribution in [0.5, 0.6) is 0 Å². The van der Waals surface area contributed by atoms with E-state index in [1.807, 2.05) is 77.3 Å². The molecule has 0 N–H and O–H groups in total. The highest BCUT2D eigenvalue weighted by atomic mass is 32.1. The van der Waals surface area contributed by atoms with Gasteiger partial charge in [0, 0.05) is 84.1 Å². The quantitative estimate of drug-likeness (QED) is 0.166. The highest BCUT2D eigenvalue weighted by molar-refractivity contribution is 7.26. The first-order valence-corrected chi connectivity index (χ1v) is 24.9. The minimum absolute atomic E-state index is 0.576. The van der Waals surface area contributed by atoms with Gasteiger partial charge in [-0.1, -0.05) is 164 Å². The van der Waals surface area contributed by atoms with Crippen LogP contribution in [0.15, 0.2) is 221 Å². The zero-order valence-corrected chi connectivity index (χ0v) is 38.8. The van der Waals surface area contributed by atoms with Gasteiger partial charge in [0.1, 0.15) is 22.3 Å². The van der Waals surface area contributed by atoms with E-state index in [2.05, 4.69) is 158 Å². The van der Waals surface area contributed by atoms with E-state index in [1.54, 1.807) is 0 Å². The van der Waals surface area contributed by atoms with Crippen molar-refractivity contribution in [2.24, 2.45) is 0 Å². The SMILES string of the molecule is c1ccc(-c2nc(-c3ccc(-c4cccc5c4oc4ccccc45)cc3)nc(-c3cccc4oc5ccc(-c6cccc7sc8cc(-c9ccc%10c(c9)sc9ccccc9%10)ccc8c67)cc5c34)n2)cc1. The van der Waals surface area contributed by atoms with Gasteiger partial charge in [-0.05, 0) is 76.3 Å². The van der Waals surface area contributed by atoms with Gasteiger partial charge in [0.25, 0.3) is 0 Å². The van der Waals surface area contributed by atoms with Gasteiger partial charge >= 0.3 is 0 Å². The van der Waals surface area contributed by atoms with Crippen molar-refractivity contribution in [3.05, 3.63) is 212 Å². The van der Waals surface area contributed by atoms with Crippen molar-refractivity contribution in [2.75, 3.05) is 0 Å². The second-order valence-corrected chi connectivity index (χ2v) is 20.0. The maximum atomic E-state index is 6.61. The molecule has 5 heterocycles. The van der Waals surface area contributed by atoms with Crippen LogP contribution in [0.1, 0.15) is 0 Å². The van der Waals surface area contributed by atoms with E-state index < -0.39 is 0 Å². The van der Waals surface area contributed by atoms with Gasteiger partial charge in [-0.25, -0.2) is 15.0 Å². The zero-order chi connectivity index (χ0) is 45.9. The summed E-state index contributed by atoms with van der Waals surface area (Å²) in [6, 6.07) is 75.0. The molecule has 10 aromatic carbocycles. The Kier molecular flexibility index (Phi) is 8.63. The molecule has 0 bridgehead atoms. The molecule has 0 spiro atoms. The Morgan fingerprint density at radius 3 is 1.69 bits per heavy atom. The predicted octanol–water partition coefficient (Wildman–Crippen LogP) is 18.4. The molecule has 15 aromatic rings. The molecule has 15 rings (SSSR count). The fourth-order valence-corrected chi connectivity index (χ4v) is 12.8. The Morgan fingerprint density at radius 1 is 0.271 bits per heavy atom. The molecular weight excluding hydrogens is 895 g/mol. The summed E-state index contributed by atoms with van der Waals surface area (Å²) in [5, 5.41) is 9.34. The first-order valence-electron chi connectivity index (χ1n) is 23.3. The van der Waals surface area contributed by atoms with Crippen LogP contribution in [0.2, 0.25) is 0 Å². The Hall–Kier alpha value is -8.75. The molecule has 0 unspecified atom stereocenters. The van der Waals surface area contributed by atoms with Crippen molar-refractivity contribution in [1.29, 1.82) is 0 Å². The molecule has 0 radical (unpaired) electrons. The van der Waals surface area contributed by atoms with Crippen LogP contribution in [0.4, 0.5) is 0 Å². The smallest absolute Gasteiger partial charge is 0.164 e. The second kappa shape index (κ2) is 15.4. The third kappa shape index (κ3) is 6.19. The molecule has 0 aliphatic rings. The highest BCUT2D eigenvalue weighted by Gasteiger charge is 2.21. The number of furan rings is 2. The van der Waals surface area contributed by atoms with Crippen molar-refractivity contribution in [2.45, 2.75) is 0 Å². The fourth-order valence-electron chi connectivity index (χ4n) is 10.4. The lowest BCUT2D eigenvalue weighted by Crippen LogP contribution is -2.00. The van der Waals surface area contributed by atoms with Gasteiger partial charge in [-0.3, -0.25) is 0 Å². The summed E-state index contributed by atoms with van der Waals surface area (Å²) in [5.41, 5.74) is 12.9. The van der Waals surface area contributed by atoms with Crippen LogP contribution < -0.4 is 0 Å². The van der Waals surface area contributed by atoms with Gasteiger partial charge in [-0.15, -0.1) is 22.7 Å². The molecule has 70 heavy (non-hydrogen) atoms. The van der Waals surface area contributed by atoms with Crippen molar-refractivity contribution in [3.8, 4) is 67.5 Å². The van der Waals surface area contributed by atoms with Gasteiger partial charge < -0.3 is 8.83 Å². The maximum Gasteiger partial charge on any atom is 0.164 e. The van der Waals surface area contributed by atoms with Gasteiger partial charge in [0.2, 0.25) is 0 Å². The summed E-state index contributed by atoms with van der Waals surface area (Å²) in [5.74, 6) is 1.76. The standard InChI is InChI=1S/C63H35N3O2S2/c1-2-11-37(12-3-1)61-64-62(38-25-23-36(24-26-38)43-16-8-17-47-44-13-4-6-19-51(44)68-60(43)47)66-63(65-61)49-18-9-20-53-58(49)50-33-41(29-32-52(50)67-53)42-15-10-22-55-59(42)48-31-28-40(35-57(48)70-55)39-27-30-46-45-14-5-7-21-54(45)69-56(46)34-39/h1-35H. The summed E-state index contributed by atoms with van der Waals surface area (Å²) in [6.45, 7) is 0. The number of hydrogen-bond donors (Lipinski definition) is 0. The number of thiophene rings is 2. The molecular formula is C63H35N3O2S2. The fraction of sp³-hybridized carbons (Fsp3) is 0. The molecule has 326 valence electrons. The summed E-state index contributed by atoms with van der Waals surface area (Å²) in [6.07, 6.45) is 0. The third-order valence-corrected chi connectivity index (χ3v) is 16.0. The number of benzene rings is 10. The summed E-state index contributed by atoms with van der Waals surface area (Å²) < 4.78 is 18.2. The Morgan fingerprint density at radius 2 is 0.829 bits per heavy atom. The van der Waals surface area contributed by atoms with Crippen LogP contribution >= 0.6 is 22.7 Å². The molecule has 0 amide bonds. The number of aromatic nitrogens is 3. The summed E-state index contributed by atoms with van der Waals surface area (Å²) in [4.78, 5) is 15.5. The number of hydrogen-bond acceptors (Lipinski definition) is 7. The molecule has 0 atom stereocenters. The summed E-state index contributed by atoms with van der Waals surface area (Å²) in [7, 11) is 0. The second-order valence-electron chi connectivity index (χ2n) is 17.8. The molecule has 0 fully saturated rings. The maximum absolute atomic E-state index is 6.61. The van der Waals surface area contributed by atoms with Gasteiger partial charge in [-0.2, -0.15) is 0 Å². The molecule has 5 aromatic heterocycles. The molecule has 5 nitrogen and oxygen atoms in total. The van der Waals surface area contributed by atoms with Crippen molar-refractivity contribution >= 4 is 107 Å². The van der Waals surface area contributed by atoms with E-state index in [1.165, 1.54) is 57.0 Å². The lowest BCUT2D eigenvalue weighted by atomic mass is 9.96. The van der Waals surface area contributed by atoms with Crippen molar-refractivity contribution in [3.63, 3.8) is 0 Å². The Labute approximate surface area is 408 Å². The number of nitrogens with zero attached hydrogens (tertiary/aromatic N) is 3. The Bertz CT molecular complexity index is 4600. The Balaban J connectivity index is 0.837.